The molecule has 10 nitrogen and oxygen atoms in total. The van der Waals surface area contributed by atoms with Crippen molar-refractivity contribution in [3.8, 4) is 11.4 Å². The van der Waals surface area contributed by atoms with E-state index >= 15 is 0 Å². The van der Waals surface area contributed by atoms with Crippen LogP contribution in [0.5, 0.6) is 0 Å². The zero-order valence-corrected chi connectivity index (χ0v) is 19.4. The first-order chi connectivity index (χ1) is 15.5. The molecule has 1 fully saturated rings. The molecular weight excluding hydrogens is 426 g/mol. The number of aryl methyl sites for hydroxylation is 3. The molecule has 0 radical (unpaired) electrons. The van der Waals surface area contributed by atoms with Crippen LogP contribution in [0.25, 0.3) is 22.6 Å². The lowest BCUT2D eigenvalue weighted by Gasteiger charge is -2.14. The van der Waals surface area contributed by atoms with Gasteiger partial charge in [0.1, 0.15) is 28.4 Å². The maximum atomic E-state index is 12.7. The van der Waals surface area contributed by atoms with E-state index in [1.54, 1.807) is 35.0 Å². The second kappa shape index (κ2) is 8.05. The Morgan fingerprint density at radius 1 is 1.28 bits per heavy atom. The first kappa shape index (κ1) is 20.7. The van der Waals surface area contributed by atoms with Gasteiger partial charge in [-0.15, -0.1) is 0 Å². The summed E-state index contributed by atoms with van der Waals surface area (Å²) < 4.78 is 5.61. The molecule has 0 aromatic carbocycles. The Labute approximate surface area is 189 Å². The third-order valence-corrected chi connectivity index (χ3v) is 7.15. The molecule has 1 amide bonds. The van der Waals surface area contributed by atoms with Crippen LogP contribution in [0.4, 0.5) is 0 Å². The summed E-state index contributed by atoms with van der Waals surface area (Å²) in [5.41, 5.74) is 4.14. The quantitative estimate of drug-likeness (QED) is 0.429. The molecule has 1 aliphatic rings. The van der Waals surface area contributed by atoms with Crippen molar-refractivity contribution in [1.29, 1.82) is 0 Å². The minimum atomic E-state index is -0.0231. The van der Waals surface area contributed by atoms with Gasteiger partial charge in [0, 0.05) is 50.9 Å². The fourth-order valence-corrected chi connectivity index (χ4v) is 5.30. The Morgan fingerprint density at radius 2 is 2.12 bits per heavy atom. The molecular formula is C21H25N9OS. The number of hydrogen-bond acceptors (Lipinski definition) is 7. The van der Waals surface area contributed by atoms with Crippen LogP contribution in [0.2, 0.25) is 0 Å². The molecule has 0 bridgehead atoms. The van der Waals surface area contributed by atoms with Gasteiger partial charge in [-0.3, -0.25) is 14.2 Å². The summed E-state index contributed by atoms with van der Waals surface area (Å²) in [6.07, 6.45) is 6.14. The zero-order chi connectivity index (χ0) is 22.4. The molecule has 0 saturated carbocycles. The third kappa shape index (κ3) is 3.46. The van der Waals surface area contributed by atoms with E-state index < -0.39 is 0 Å². The van der Waals surface area contributed by atoms with Crippen molar-refractivity contribution in [2.24, 2.45) is 14.1 Å². The summed E-state index contributed by atoms with van der Waals surface area (Å²) in [7, 11) is 3.79. The van der Waals surface area contributed by atoms with Crippen molar-refractivity contribution in [2.45, 2.75) is 37.1 Å². The lowest BCUT2D eigenvalue weighted by Crippen LogP contribution is -2.29. The summed E-state index contributed by atoms with van der Waals surface area (Å²) in [6, 6.07) is 1.76. The second-order valence-electron chi connectivity index (χ2n) is 7.96. The van der Waals surface area contributed by atoms with Crippen LogP contribution in [-0.2, 0) is 20.6 Å². The van der Waals surface area contributed by atoms with Gasteiger partial charge in [0.25, 0.3) is 5.91 Å². The molecule has 0 N–H and O–H groups in total. The number of rotatable bonds is 5. The number of nitrogens with zero attached hydrogens (tertiary/aromatic N) is 9. The van der Waals surface area contributed by atoms with E-state index in [-0.39, 0.29) is 11.2 Å². The summed E-state index contributed by atoms with van der Waals surface area (Å²) in [4.78, 5) is 28.5. The summed E-state index contributed by atoms with van der Waals surface area (Å²) in [5, 5.41) is 9.78. The van der Waals surface area contributed by atoms with Crippen LogP contribution < -0.4 is 0 Å². The van der Waals surface area contributed by atoms with Crippen molar-refractivity contribution in [1.82, 2.24) is 44.0 Å². The number of fused-ring (bicyclic) bond motifs is 1. The van der Waals surface area contributed by atoms with Gasteiger partial charge in [0.05, 0.1) is 11.8 Å². The average molecular weight is 452 g/mol. The Balaban J connectivity index is 1.39. The fraction of sp³-hybridized carbons (Fsp3) is 0.429. The van der Waals surface area contributed by atoms with Gasteiger partial charge in [0.15, 0.2) is 5.65 Å². The first-order valence-corrected chi connectivity index (χ1v) is 11.5. The monoisotopic (exact) mass is 451 g/mol. The maximum absolute atomic E-state index is 12.7. The molecule has 166 valence electrons. The summed E-state index contributed by atoms with van der Waals surface area (Å²) in [6.45, 7) is 6.31. The predicted octanol–water partition coefficient (Wildman–Crippen LogP) is 2.30. The molecule has 5 rings (SSSR count). The molecule has 1 unspecified atom stereocenters. The highest BCUT2D eigenvalue weighted by molar-refractivity contribution is 8.00. The molecule has 11 heteroatoms. The highest BCUT2D eigenvalue weighted by atomic mass is 32.2. The van der Waals surface area contributed by atoms with Crippen LogP contribution >= 0.6 is 11.8 Å². The Kier molecular flexibility index (Phi) is 5.20. The van der Waals surface area contributed by atoms with Gasteiger partial charge in [0.2, 0.25) is 0 Å². The van der Waals surface area contributed by atoms with E-state index in [1.165, 1.54) is 0 Å². The molecule has 0 spiro atoms. The van der Waals surface area contributed by atoms with Gasteiger partial charge in [-0.2, -0.15) is 10.2 Å². The predicted molar refractivity (Wildman–Crippen MR) is 121 cm³/mol. The zero-order valence-electron chi connectivity index (χ0n) is 18.6. The van der Waals surface area contributed by atoms with Crippen LogP contribution in [0.15, 0.2) is 29.8 Å². The van der Waals surface area contributed by atoms with E-state index in [9.17, 15) is 4.79 Å². The fourth-order valence-electron chi connectivity index (χ4n) is 4.15. The first-order valence-electron chi connectivity index (χ1n) is 10.6. The smallest absolute Gasteiger partial charge is 0.274 e. The highest BCUT2D eigenvalue weighted by Crippen LogP contribution is 2.34. The molecule has 0 aliphatic carbocycles. The maximum Gasteiger partial charge on any atom is 0.274 e. The average Bonchev–Trinajstić information content (AvgIpc) is 3.56. The van der Waals surface area contributed by atoms with E-state index in [1.807, 2.05) is 34.4 Å². The number of hydrogen-bond donors (Lipinski definition) is 0. The summed E-state index contributed by atoms with van der Waals surface area (Å²) in [5.74, 6) is 0.808. The van der Waals surface area contributed by atoms with Gasteiger partial charge in [-0.05, 0) is 26.3 Å². The van der Waals surface area contributed by atoms with Crippen molar-refractivity contribution in [3.05, 3.63) is 36.2 Å². The van der Waals surface area contributed by atoms with Crippen molar-refractivity contribution < 1.29 is 4.79 Å². The standard InChI is InChI=1S/C21H25N9OS/c1-5-30-13(2)15(10-24-30)18-25-17-19(28(18)4)22-12-23-20(17)32-14-6-9-29(11-14)21(31)16-7-8-27(3)26-16/h7-8,10,12,14H,5-6,9,11H2,1-4H3. The molecule has 1 aliphatic heterocycles. The number of aromatic nitrogens is 8. The van der Waals surface area contributed by atoms with E-state index in [0.29, 0.717) is 18.8 Å². The van der Waals surface area contributed by atoms with Crippen LogP contribution in [-0.4, -0.2) is 68.2 Å². The number of amides is 1. The number of imidazole rings is 1. The largest absolute Gasteiger partial charge is 0.336 e. The second-order valence-corrected chi connectivity index (χ2v) is 9.25. The van der Waals surface area contributed by atoms with Crippen LogP contribution in [0, 0.1) is 6.92 Å². The van der Waals surface area contributed by atoms with Gasteiger partial charge in [-0.25, -0.2) is 15.0 Å². The summed E-state index contributed by atoms with van der Waals surface area (Å²) >= 11 is 1.67. The van der Waals surface area contributed by atoms with Crippen LogP contribution in [0.3, 0.4) is 0 Å². The Hall–Kier alpha value is -3.21. The molecule has 32 heavy (non-hydrogen) atoms. The SMILES string of the molecule is CCn1ncc(-c2nc3c(SC4CCN(C(=O)c5ccn(C)n5)C4)ncnc3n2C)c1C. The minimum absolute atomic E-state index is 0.0231. The topological polar surface area (TPSA) is 99.6 Å². The molecule has 5 heterocycles. The van der Waals surface area contributed by atoms with Gasteiger partial charge < -0.3 is 9.47 Å². The third-order valence-electron chi connectivity index (χ3n) is 5.91. The van der Waals surface area contributed by atoms with Crippen molar-refractivity contribution in [3.63, 3.8) is 0 Å². The number of likely N-dealkylation sites (tertiary alicyclic amines) is 1. The Morgan fingerprint density at radius 3 is 2.84 bits per heavy atom. The van der Waals surface area contributed by atoms with Gasteiger partial charge >= 0.3 is 0 Å². The van der Waals surface area contributed by atoms with E-state index in [4.69, 9.17) is 4.98 Å². The lowest BCUT2D eigenvalue weighted by molar-refractivity contribution is 0.0786. The van der Waals surface area contributed by atoms with E-state index in [0.717, 1.165) is 46.2 Å². The van der Waals surface area contributed by atoms with Crippen LogP contribution in [0.1, 0.15) is 29.5 Å². The lowest BCUT2D eigenvalue weighted by atomic mass is 10.2. The molecule has 1 atom stereocenters. The number of thioether (sulfide) groups is 1. The minimum Gasteiger partial charge on any atom is -0.336 e. The van der Waals surface area contributed by atoms with Crippen molar-refractivity contribution in [2.75, 3.05) is 13.1 Å². The normalized spacial score (nSPS) is 16.4. The van der Waals surface area contributed by atoms with Crippen molar-refractivity contribution >= 4 is 28.8 Å². The molecule has 4 aromatic heterocycles. The molecule has 4 aromatic rings. The number of carbonyl (C=O) groups is 1. The molecule has 1 saturated heterocycles. The highest BCUT2D eigenvalue weighted by Gasteiger charge is 2.30. The van der Waals surface area contributed by atoms with E-state index in [2.05, 4.69) is 34.0 Å². The Bertz CT molecular complexity index is 1300. The number of carbonyl (C=O) groups excluding carboxylic acids is 1. The van der Waals surface area contributed by atoms with Gasteiger partial charge in [-0.1, -0.05) is 11.8 Å².